The number of thiazole rings is 1. The molecule has 0 aliphatic rings. The fraction of sp³-hybridized carbons (Fsp3) is 0.179. The van der Waals surface area contributed by atoms with E-state index in [9.17, 15) is 14.7 Å². The summed E-state index contributed by atoms with van der Waals surface area (Å²) in [5.74, 6) is 0.0105. The van der Waals surface area contributed by atoms with Gasteiger partial charge in [0.1, 0.15) is 10.8 Å². The van der Waals surface area contributed by atoms with Crippen LogP contribution in [0.25, 0.3) is 33.0 Å². The molecule has 2 N–H and O–H groups in total. The number of nitrogens with zero attached hydrogens (tertiary/aromatic N) is 2. The Labute approximate surface area is 234 Å². The van der Waals surface area contributed by atoms with Crippen LogP contribution in [-0.4, -0.2) is 54.2 Å². The monoisotopic (exact) mass is 569 g/mol. The molecule has 0 fully saturated rings. The topological polar surface area (TPSA) is 91.8 Å². The number of aromatic nitrogens is 1. The minimum Gasteiger partial charge on any atom is -0.449 e. The first-order valence-corrected chi connectivity index (χ1v) is 13.3. The predicted octanol–water partition coefficient (Wildman–Crippen LogP) is 7.19. The van der Waals surface area contributed by atoms with Gasteiger partial charge in [-0.15, -0.1) is 11.3 Å². The van der Waals surface area contributed by atoms with Crippen molar-refractivity contribution >= 4 is 46.6 Å². The highest BCUT2D eigenvalue weighted by molar-refractivity contribution is 7.13. The van der Waals surface area contributed by atoms with Gasteiger partial charge in [-0.05, 0) is 69.0 Å². The lowest BCUT2D eigenvalue weighted by atomic mass is 10.0. The molecule has 10 heteroatoms. The van der Waals surface area contributed by atoms with Gasteiger partial charge >= 0.3 is 6.16 Å². The third-order valence-corrected chi connectivity index (χ3v) is 7.30. The highest BCUT2D eigenvalue weighted by atomic mass is 35.5. The molecule has 196 valence electrons. The zero-order valence-electron chi connectivity index (χ0n) is 20.7. The van der Waals surface area contributed by atoms with Crippen molar-refractivity contribution in [1.29, 1.82) is 0 Å². The number of carbonyl (C=O) groups excluding carboxylic acids is 1. The van der Waals surface area contributed by atoms with Gasteiger partial charge in [0, 0.05) is 34.2 Å². The van der Waals surface area contributed by atoms with Crippen molar-refractivity contribution in [2.24, 2.45) is 0 Å². The van der Waals surface area contributed by atoms with Crippen LogP contribution >= 0.6 is 34.5 Å². The van der Waals surface area contributed by atoms with Gasteiger partial charge in [-0.25, -0.2) is 9.78 Å². The largest absolute Gasteiger partial charge is 0.511 e. The lowest BCUT2D eigenvalue weighted by Gasteiger charge is -2.12. The van der Waals surface area contributed by atoms with Crippen molar-refractivity contribution in [1.82, 2.24) is 15.2 Å². The Bertz CT molecular complexity index is 1450. The van der Waals surface area contributed by atoms with Crippen molar-refractivity contribution in [3.63, 3.8) is 0 Å². The molecule has 1 amide bonds. The van der Waals surface area contributed by atoms with Gasteiger partial charge < -0.3 is 20.1 Å². The van der Waals surface area contributed by atoms with Crippen LogP contribution < -0.4 is 10.1 Å². The zero-order valence-corrected chi connectivity index (χ0v) is 23.0. The molecule has 0 spiro atoms. The minimum atomic E-state index is -1.42. The van der Waals surface area contributed by atoms with Crippen molar-refractivity contribution in [2.75, 3.05) is 27.2 Å². The highest BCUT2D eigenvalue weighted by Crippen LogP contribution is 2.37. The number of ether oxygens (including phenoxy) is 1. The maximum atomic E-state index is 12.4. The lowest BCUT2D eigenvalue weighted by molar-refractivity contribution is 0.0952. The van der Waals surface area contributed by atoms with Crippen LogP contribution in [0.5, 0.6) is 5.75 Å². The molecule has 0 atom stereocenters. The second-order valence-corrected chi connectivity index (χ2v) is 10.4. The normalized spacial score (nSPS) is 11.0. The number of carboxylic acid groups (broad SMARTS) is 1. The van der Waals surface area contributed by atoms with Gasteiger partial charge in [0.15, 0.2) is 0 Å². The molecule has 0 saturated heterocycles. The predicted molar refractivity (Wildman–Crippen MR) is 153 cm³/mol. The van der Waals surface area contributed by atoms with E-state index in [-0.39, 0.29) is 11.7 Å². The van der Waals surface area contributed by atoms with Crippen molar-refractivity contribution in [2.45, 2.75) is 6.42 Å². The molecule has 0 saturated carbocycles. The number of hydrogen-bond donors (Lipinski definition) is 2. The molecule has 1 heterocycles. The molecule has 0 bridgehead atoms. The Balaban J connectivity index is 1.56. The molecule has 7 nitrogen and oxygen atoms in total. The van der Waals surface area contributed by atoms with Crippen LogP contribution in [0, 0.1) is 0 Å². The summed E-state index contributed by atoms with van der Waals surface area (Å²) in [6, 6.07) is 17.5. The second-order valence-electron chi connectivity index (χ2n) is 8.74. The SMILES string of the molecule is CN(C)CCCNC(=O)c1ccc(-c2ccc(-c3nc(-c4ccc(Cl)c(Cl)c4)cs3)cc2OC(=O)O)cc1. The molecule has 3 aromatic carbocycles. The molecule has 0 aliphatic heterocycles. The summed E-state index contributed by atoms with van der Waals surface area (Å²) in [4.78, 5) is 30.6. The van der Waals surface area contributed by atoms with E-state index in [1.165, 1.54) is 11.3 Å². The van der Waals surface area contributed by atoms with Crippen LogP contribution in [0.3, 0.4) is 0 Å². The summed E-state index contributed by atoms with van der Waals surface area (Å²) in [5, 5.41) is 15.7. The average Bonchev–Trinajstić information content (AvgIpc) is 3.38. The molecule has 1 aromatic heterocycles. The van der Waals surface area contributed by atoms with Crippen LogP contribution in [0.1, 0.15) is 16.8 Å². The van der Waals surface area contributed by atoms with E-state index in [1.807, 2.05) is 31.6 Å². The van der Waals surface area contributed by atoms with Gasteiger partial charge in [0.05, 0.1) is 15.7 Å². The number of halogens is 2. The first-order valence-electron chi connectivity index (χ1n) is 11.7. The van der Waals surface area contributed by atoms with Crippen LogP contribution in [0.2, 0.25) is 10.0 Å². The summed E-state index contributed by atoms with van der Waals surface area (Å²) in [6.07, 6.45) is -0.569. The zero-order chi connectivity index (χ0) is 27.2. The third kappa shape index (κ3) is 6.90. The molecule has 0 aliphatic carbocycles. The van der Waals surface area contributed by atoms with Gasteiger partial charge in [0.25, 0.3) is 5.91 Å². The summed E-state index contributed by atoms with van der Waals surface area (Å²) in [6.45, 7) is 1.47. The quantitative estimate of drug-likeness (QED) is 0.126. The van der Waals surface area contributed by atoms with E-state index in [4.69, 9.17) is 27.9 Å². The lowest BCUT2D eigenvalue weighted by Crippen LogP contribution is -2.27. The molecule has 38 heavy (non-hydrogen) atoms. The summed E-state index contributed by atoms with van der Waals surface area (Å²) < 4.78 is 5.12. The second kappa shape index (κ2) is 12.4. The summed E-state index contributed by atoms with van der Waals surface area (Å²) in [7, 11) is 3.97. The molecule has 0 radical (unpaired) electrons. The van der Waals surface area contributed by atoms with E-state index in [0.29, 0.717) is 43.9 Å². The van der Waals surface area contributed by atoms with Crippen LogP contribution in [0.4, 0.5) is 4.79 Å². The third-order valence-electron chi connectivity index (χ3n) is 5.67. The first kappa shape index (κ1) is 27.6. The van der Waals surface area contributed by atoms with Gasteiger partial charge in [-0.2, -0.15) is 0 Å². The van der Waals surface area contributed by atoms with E-state index >= 15 is 0 Å². The molecule has 4 aromatic rings. The van der Waals surface area contributed by atoms with Gasteiger partial charge in [0.2, 0.25) is 0 Å². The maximum Gasteiger partial charge on any atom is 0.511 e. The number of benzene rings is 3. The van der Waals surface area contributed by atoms with Crippen LogP contribution in [0.15, 0.2) is 66.0 Å². The number of carbonyl (C=O) groups is 2. The first-order chi connectivity index (χ1) is 18.2. The molecule has 4 rings (SSSR count). The van der Waals surface area contributed by atoms with Crippen LogP contribution in [-0.2, 0) is 0 Å². The van der Waals surface area contributed by atoms with E-state index < -0.39 is 6.16 Å². The van der Waals surface area contributed by atoms with Crippen molar-refractivity contribution in [3.8, 4) is 38.7 Å². The summed E-state index contributed by atoms with van der Waals surface area (Å²) >= 11 is 13.6. The number of amides is 1. The number of nitrogens with one attached hydrogen (secondary N) is 1. The minimum absolute atomic E-state index is 0.158. The Morgan fingerprint density at radius 2 is 1.68 bits per heavy atom. The Hall–Kier alpha value is -3.43. The number of hydrogen-bond acceptors (Lipinski definition) is 6. The Kier molecular flexibility index (Phi) is 9.01. The smallest absolute Gasteiger partial charge is 0.449 e. The van der Waals surface area contributed by atoms with E-state index in [1.54, 1.807) is 48.5 Å². The Morgan fingerprint density at radius 1 is 0.974 bits per heavy atom. The van der Waals surface area contributed by atoms with Crippen molar-refractivity contribution in [3.05, 3.63) is 81.7 Å². The van der Waals surface area contributed by atoms with Crippen molar-refractivity contribution < 1.29 is 19.4 Å². The Morgan fingerprint density at radius 3 is 2.37 bits per heavy atom. The molecular formula is C28H25Cl2N3O4S. The number of rotatable bonds is 9. The highest BCUT2D eigenvalue weighted by Gasteiger charge is 2.15. The van der Waals surface area contributed by atoms with E-state index in [0.717, 1.165) is 24.2 Å². The summed E-state index contributed by atoms with van der Waals surface area (Å²) in [5.41, 5.74) is 4.07. The van der Waals surface area contributed by atoms with E-state index in [2.05, 4.69) is 15.2 Å². The fourth-order valence-corrected chi connectivity index (χ4v) is 4.89. The standard InChI is InChI=1S/C28H25Cl2N3O4S/c1-33(2)13-3-12-31-26(34)18-6-4-17(5-7-18)21-10-8-20(15-25(21)37-28(35)36)27-32-24(16-38-27)19-9-11-22(29)23(30)14-19/h4-11,14-16H,3,12-13H2,1-2H3,(H,31,34)(H,35,36). The van der Waals surface area contributed by atoms with Gasteiger partial charge in [-0.1, -0.05) is 47.5 Å². The van der Waals surface area contributed by atoms with Gasteiger partial charge in [-0.3, -0.25) is 4.79 Å². The average molecular weight is 570 g/mol. The molecule has 0 unspecified atom stereocenters. The molecular weight excluding hydrogens is 545 g/mol. The maximum absolute atomic E-state index is 12.4. The fourth-order valence-electron chi connectivity index (χ4n) is 3.77.